The van der Waals surface area contributed by atoms with Gasteiger partial charge in [-0.3, -0.25) is 0 Å². The first-order chi connectivity index (χ1) is 10.9. The number of aryl methyl sites for hydroxylation is 2. The van der Waals surface area contributed by atoms with Crippen LogP contribution in [-0.4, -0.2) is 0 Å². The van der Waals surface area contributed by atoms with E-state index in [1.165, 1.54) is 11.1 Å². The maximum absolute atomic E-state index is 3.01. The zero-order chi connectivity index (χ0) is 17.6. The van der Waals surface area contributed by atoms with Crippen LogP contribution >= 0.6 is 0 Å². The first kappa shape index (κ1) is 30.0. The van der Waals surface area contributed by atoms with Crippen molar-refractivity contribution in [1.82, 2.24) is 0 Å². The Balaban J connectivity index is -0.000000115. The Hall–Kier alpha value is -0.976. The molecule has 0 saturated heterocycles. The fraction of sp³-hybridized carbons (Fsp3) is 0.455. The molecule has 0 spiro atoms. The molecule has 0 saturated carbocycles. The summed E-state index contributed by atoms with van der Waals surface area (Å²) >= 11 is 0. The Bertz CT molecular complexity index is 328. The fourth-order valence-electron chi connectivity index (χ4n) is 1.36. The molecule has 23 heavy (non-hydrogen) atoms. The predicted molar refractivity (Wildman–Crippen MR) is 105 cm³/mol. The molecule has 0 aliphatic heterocycles. The van der Waals surface area contributed by atoms with Crippen LogP contribution in [0.15, 0.2) is 54.6 Å². The van der Waals surface area contributed by atoms with E-state index in [4.69, 9.17) is 0 Å². The molecule has 0 bridgehead atoms. The summed E-state index contributed by atoms with van der Waals surface area (Å²) in [4.78, 5) is 0. The first-order valence-corrected chi connectivity index (χ1v) is 8.85. The second-order valence-corrected chi connectivity index (χ2v) is 3.60. The van der Waals surface area contributed by atoms with Gasteiger partial charge < -0.3 is 0 Å². The summed E-state index contributed by atoms with van der Waals surface area (Å²) in [6.45, 7) is 16.3. The van der Waals surface area contributed by atoms with E-state index >= 15 is 0 Å². The molecule has 0 nitrogen and oxygen atoms in total. The number of benzene rings is 2. The minimum absolute atomic E-state index is 0. The second kappa shape index (κ2) is 29.1. The molecular weight excluding hydrogens is 315 g/mol. The van der Waals surface area contributed by atoms with Crippen molar-refractivity contribution in [1.29, 1.82) is 0 Å². The molecule has 2 rings (SSSR count). The van der Waals surface area contributed by atoms with E-state index in [0.717, 1.165) is 12.8 Å². The molecule has 1 heteroatoms. The topological polar surface area (TPSA) is 0 Å². The average molecular weight is 352 g/mol. The number of hydrogen-bond donors (Lipinski definition) is 0. The van der Waals surface area contributed by atoms with Gasteiger partial charge in [0.05, 0.1) is 0 Å². The molecule has 2 aromatic carbocycles. The monoisotopic (exact) mass is 352 g/mol. The van der Waals surface area contributed by atoms with Crippen molar-refractivity contribution in [2.75, 3.05) is 0 Å². The van der Waals surface area contributed by atoms with Gasteiger partial charge in [0.15, 0.2) is 0 Å². The zero-order valence-electron chi connectivity index (χ0n) is 16.6. The van der Waals surface area contributed by atoms with Crippen molar-refractivity contribution < 1.29 is 18.6 Å². The van der Waals surface area contributed by atoms with Crippen LogP contribution in [0, 0.1) is 6.07 Å². The van der Waals surface area contributed by atoms with Crippen molar-refractivity contribution in [3.63, 3.8) is 0 Å². The Morgan fingerprint density at radius 1 is 0.652 bits per heavy atom. The molecule has 0 aromatic heterocycles. The summed E-state index contributed by atoms with van der Waals surface area (Å²) in [6, 6.07) is 21.5. The molecule has 131 valence electrons. The summed E-state index contributed by atoms with van der Waals surface area (Å²) in [5, 5.41) is 0. The van der Waals surface area contributed by atoms with Crippen LogP contribution in [0.2, 0.25) is 0 Å². The van der Waals surface area contributed by atoms with E-state index in [0.29, 0.717) is 0 Å². The maximum Gasteiger partial charge on any atom is 0 e. The van der Waals surface area contributed by atoms with E-state index < -0.39 is 0 Å². The van der Waals surface area contributed by atoms with Gasteiger partial charge in [-0.2, -0.15) is 35.9 Å². The molecule has 0 N–H and O–H groups in total. The van der Waals surface area contributed by atoms with E-state index in [2.05, 4.69) is 50.2 Å². The van der Waals surface area contributed by atoms with Gasteiger partial charge in [-0.25, -0.2) is 0 Å². The molecule has 2 aromatic rings. The minimum Gasteiger partial charge on any atom is -0.184 e. The SMILES string of the molecule is CC.CC.CC.CCc1c[c-]ccc1.CCc1ccccc1.[V]. The van der Waals surface area contributed by atoms with Crippen LogP contribution in [0.1, 0.15) is 66.5 Å². The van der Waals surface area contributed by atoms with Crippen molar-refractivity contribution in [3.8, 4) is 0 Å². The van der Waals surface area contributed by atoms with Gasteiger partial charge in [-0.1, -0.05) is 92.1 Å². The largest absolute Gasteiger partial charge is 0.184 e. The molecule has 0 aliphatic rings. The first-order valence-electron chi connectivity index (χ1n) is 8.85. The quantitative estimate of drug-likeness (QED) is 0.495. The van der Waals surface area contributed by atoms with E-state index in [9.17, 15) is 0 Å². The smallest absolute Gasteiger partial charge is 0 e. The summed E-state index contributed by atoms with van der Waals surface area (Å²) in [5.74, 6) is 0. The summed E-state index contributed by atoms with van der Waals surface area (Å²) in [7, 11) is 0. The third kappa shape index (κ3) is 21.0. The van der Waals surface area contributed by atoms with Gasteiger partial charge >= 0.3 is 0 Å². The number of hydrogen-bond acceptors (Lipinski definition) is 0. The standard InChI is InChI=1S/C8H10.C8H9.3C2H6.V/c2*1-2-8-6-4-3-5-7-8;3*1-2;/h3-7H,2H2,1H3;3-4,6-7H,2H2,1H3;3*1-2H3;/q;-1;;;;. The van der Waals surface area contributed by atoms with Crippen LogP contribution in [0.5, 0.6) is 0 Å². The maximum atomic E-state index is 3.01. The normalized spacial score (nSPS) is 7.13. The predicted octanol–water partition coefficient (Wildman–Crippen LogP) is 7.37. The van der Waals surface area contributed by atoms with Crippen molar-refractivity contribution >= 4 is 0 Å². The molecule has 0 atom stereocenters. The fourth-order valence-corrected chi connectivity index (χ4v) is 1.36. The average Bonchev–Trinajstić information content (AvgIpc) is 2.68. The Labute approximate surface area is 158 Å². The van der Waals surface area contributed by atoms with E-state index in [1.54, 1.807) is 0 Å². The third-order valence-electron chi connectivity index (χ3n) is 2.43. The minimum atomic E-state index is 0. The van der Waals surface area contributed by atoms with Gasteiger partial charge in [-0.15, -0.1) is 0 Å². The zero-order valence-corrected chi connectivity index (χ0v) is 18.0. The molecular formula is C22H37V-. The summed E-state index contributed by atoms with van der Waals surface area (Å²) in [6.07, 6.45) is 2.25. The van der Waals surface area contributed by atoms with Crippen LogP contribution < -0.4 is 0 Å². The van der Waals surface area contributed by atoms with Gasteiger partial charge in [0.25, 0.3) is 0 Å². The van der Waals surface area contributed by atoms with Crippen molar-refractivity contribution in [2.45, 2.75) is 68.2 Å². The van der Waals surface area contributed by atoms with Gasteiger partial charge in [-0.05, 0) is 12.0 Å². The molecule has 0 aliphatic carbocycles. The molecule has 0 unspecified atom stereocenters. The molecule has 0 heterocycles. The van der Waals surface area contributed by atoms with Gasteiger partial charge in [0.2, 0.25) is 0 Å². The molecule has 1 radical (unpaired) electrons. The van der Waals surface area contributed by atoms with Crippen LogP contribution in [0.3, 0.4) is 0 Å². The molecule has 0 amide bonds. The Morgan fingerprint density at radius 3 is 1.35 bits per heavy atom. The van der Waals surface area contributed by atoms with Gasteiger partial charge in [0.1, 0.15) is 0 Å². The van der Waals surface area contributed by atoms with E-state index in [1.807, 2.05) is 65.8 Å². The van der Waals surface area contributed by atoms with Gasteiger partial charge in [0, 0.05) is 18.6 Å². The summed E-state index contributed by atoms with van der Waals surface area (Å²) in [5.41, 5.74) is 2.76. The van der Waals surface area contributed by atoms with Crippen LogP contribution in [0.25, 0.3) is 0 Å². The van der Waals surface area contributed by atoms with Crippen molar-refractivity contribution in [3.05, 3.63) is 71.8 Å². The van der Waals surface area contributed by atoms with Crippen LogP contribution in [0.4, 0.5) is 0 Å². The van der Waals surface area contributed by atoms with Crippen LogP contribution in [-0.2, 0) is 31.4 Å². The Morgan fingerprint density at radius 2 is 1.09 bits per heavy atom. The third-order valence-corrected chi connectivity index (χ3v) is 2.43. The van der Waals surface area contributed by atoms with E-state index in [-0.39, 0.29) is 18.6 Å². The number of rotatable bonds is 2. The Kier molecular flexibility index (Phi) is 37.9. The van der Waals surface area contributed by atoms with Crippen molar-refractivity contribution in [2.24, 2.45) is 0 Å². The second-order valence-electron chi connectivity index (χ2n) is 3.60. The molecule has 0 fully saturated rings. The summed E-state index contributed by atoms with van der Waals surface area (Å²) < 4.78 is 0.